The van der Waals surface area contributed by atoms with Crippen LogP contribution >= 0.6 is 27.3 Å². The number of aromatic nitrogens is 1. The normalized spacial score (nSPS) is 11.4. The lowest BCUT2D eigenvalue weighted by atomic mass is 10.2. The zero-order valence-electron chi connectivity index (χ0n) is 12.6. The Balaban J connectivity index is 1.63. The predicted molar refractivity (Wildman–Crippen MR) is 98.1 cm³/mol. The standard InChI is InChI=1S/C17H11BrF2N2O2S/c18-11-4-7-13-14(9-11)25-17(21-13)22-15(23)8-3-10-1-5-12(6-2-10)24-16(19)20/h1-9,16H,(H,21,22,23)/b8-3+. The van der Waals surface area contributed by atoms with Crippen molar-refractivity contribution in [1.82, 2.24) is 4.98 Å². The molecule has 128 valence electrons. The Bertz CT molecular complexity index is 926. The Kier molecular flexibility index (Phi) is 5.40. The molecule has 3 aromatic rings. The number of nitrogens with one attached hydrogen (secondary N) is 1. The van der Waals surface area contributed by atoms with Gasteiger partial charge in [0.25, 0.3) is 0 Å². The molecule has 1 N–H and O–H groups in total. The molecule has 0 radical (unpaired) electrons. The van der Waals surface area contributed by atoms with Crippen LogP contribution in [0.5, 0.6) is 5.75 Å². The summed E-state index contributed by atoms with van der Waals surface area (Å²) in [5, 5.41) is 3.20. The summed E-state index contributed by atoms with van der Waals surface area (Å²) in [5.41, 5.74) is 1.49. The lowest BCUT2D eigenvalue weighted by Crippen LogP contribution is -2.07. The minimum absolute atomic E-state index is 0.0669. The van der Waals surface area contributed by atoms with Crippen LogP contribution in [-0.4, -0.2) is 17.5 Å². The molecule has 4 nitrogen and oxygen atoms in total. The average molecular weight is 425 g/mol. The molecule has 1 aromatic heterocycles. The molecule has 0 spiro atoms. The molecule has 0 unspecified atom stereocenters. The maximum absolute atomic E-state index is 12.1. The molecule has 0 aliphatic rings. The van der Waals surface area contributed by atoms with Crippen molar-refractivity contribution in [2.75, 3.05) is 5.32 Å². The number of halogens is 3. The molecule has 0 saturated heterocycles. The minimum atomic E-state index is -2.86. The maximum Gasteiger partial charge on any atom is 0.387 e. The Labute approximate surface area is 154 Å². The van der Waals surface area contributed by atoms with Gasteiger partial charge in [-0.2, -0.15) is 8.78 Å². The molecule has 1 amide bonds. The van der Waals surface area contributed by atoms with Crippen molar-refractivity contribution in [1.29, 1.82) is 0 Å². The third kappa shape index (κ3) is 4.83. The van der Waals surface area contributed by atoms with Crippen molar-refractivity contribution in [3.63, 3.8) is 0 Å². The van der Waals surface area contributed by atoms with Crippen molar-refractivity contribution in [3.05, 3.63) is 58.6 Å². The molecule has 0 fully saturated rings. The number of amides is 1. The summed E-state index contributed by atoms with van der Waals surface area (Å²) in [6.07, 6.45) is 2.93. The van der Waals surface area contributed by atoms with Crippen LogP contribution in [0.4, 0.5) is 13.9 Å². The molecule has 3 rings (SSSR count). The van der Waals surface area contributed by atoms with Gasteiger partial charge in [0.2, 0.25) is 5.91 Å². The molecule has 0 atom stereocenters. The summed E-state index contributed by atoms with van der Waals surface area (Å²) in [6.45, 7) is -2.86. The SMILES string of the molecule is O=C(/C=C/c1ccc(OC(F)F)cc1)Nc1nc2ccc(Br)cc2s1. The number of hydrogen-bond donors (Lipinski definition) is 1. The van der Waals surface area contributed by atoms with E-state index in [4.69, 9.17) is 0 Å². The van der Waals surface area contributed by atoms with Crippen molar-refractivity contribution in [2.45, 2.75) is 6.61 Å². The average Bonchev–Trinajstić information content (AvgIpc) is 2.95. The van der Waals surface area contributed by atoms with Crippen LogP contribution in [0.2, 0.25) is 0 Å². The fourth-order valence-corrected chi connectivity index (χ4v) is 3.45. The largest absolute Gasteiger partial charge is 0.435 e. The molecular weight excluding hydrogens is 414 g/mol. The molecule has 0 saturated carbocycles. The third-order valence-corrected chi connectivity index (χ3v) is 4.54. The smallest absolute Gasteiger partial charge is 0.387 e. The van der Waals surface area contributed by atoms with Crippen LogP contribution in [0.3, 0.4) is 0 Å². The first kappa shape index (κ1) is 17.5. The van der Waals surface area contributed by atoms with Crippen molar-refractivity contribution in [3.8, 4) is 5.75 Å². The number of rotatable bonds is 5. The number of alkyl halides is 2. The van der Waals surface area contributed by atoms with Gasteiger partial charge in [-0.15, -0.1) is 0 Å². The van der Waals surface area contributed by atoms with Crippen LogP contribution in [0.25, 0.3) is 16.3 Å². The van der Waals surface area contributed by atoms with E-state index in [9.17, 15) is 13.6 Å². The van der Waals surface area contributed by atoms with Gasteiger partial charge in [0, 0.05) is 10.5 Å². The number of ether oxygens (including phenoxy) is 1. The van der Waals surface area contributed by atoms with Crippen molar-refractivity contribution < 1.29 is 18.3 Å². The van der Waals surface area contributed by atoms with Gasteiger partial charge in [-0.25, -0.2) is 4.98 Å². The Morgan fingerprint density at radius 3 is 2.72 bits per heavy atom. The van der Waals surface area contributed by atoms with E-state index in [1.54, 1.807) is 18.2 Å². The number of fused-ring (bicyclic) bond motifs is 1. The van der Waals surface area contributed by atoms with E-state index in [2.05, 4.69) is 31.0 Å². The van der Waals surface area contributed by atoms with E-state index in [1.165, 1.54) is 29.5 Å². The summed E-state index contributed by atoms with van der Waals surface area (Å²) in [6, 6.07) is 11.7. The topological polar surface area (TPSA) is 51.2 Å². The number of carbonyl (C=O) groups is 1. The van der Waals surface area contributed by atoms with Gasteiger partial charge in [0.1, 0.15) is 5.75 Å². The highest BCUT2D eigenvalue weighted by atomic mass is 79.9. The fourth-order valence-electron chi connectivity index (χ4n) is 2.03. The summed E-state index contributed by atoms with van der Waals surface area (Å²) in [4.78, 5) is 16.3. The zero-order chi connectivity index (χ0) is 17.8. The summed E-state index contributed by atoms with van der Waals surface area (Å²) >= 11 is 4.77. The third-order valence-electron chi connectivity index (χ3n) is 3.11. The highest BCUT2D eigenvalue weighted by Crippen LogP contribution is 2.28. The number of thiazole rings is 1. The summed E-state index contributed by atoms with van der Waals surface area (Å²) in [7, 11) is 0. The van der Waals surface area contributed by atoms with Crippen LogP contribution in [0.1, 0.15) is 5.56 Å². The van der Waals surface area contributed by atoms with Crippen LogP contribution in [-0.2, 0) is 4.79 Å². The fraction of sp³-hybridized carbons (Fsp3) is 0.0588. The lowest BCUT2D eigenvalue weighted by molar-refractivity contribution is -0.111. The van der Waals surface area contributed by atoms with Gasteiger partial charge < -0.3 is 4.74 Å². The van der Waals surface area contributed by atoms with Gasteiger partial charge in [-0.3, -0.25) is 10.1 Å². The minimum Gasteiger partial charge on any atom is -0.435 e. The summed E-state index contributed by atoms with van der Waals surface area (Å²) < 4.78 is 30.3. The number of nitrogens with zero attached hydrogens (tertiary/aromatic N) is 1. The first-order valence-electron chi connectivity index (χ1n) is 7.09. The molecule has 0 aliphatic carbocycles. The molecule has 2 aromatic carbocycles. The molecule has 25 heavy (non-hydrogen) atoms. The zero-order valence-corrected chi connectivity index (χ0v) is 15.0. The van der Waals surface area contributed by atoms with E-state index in [-0.39, 0.29) is 11.7 Å². The first-order chi connectivity index (χ1) is 12.0. The highest BCUT2D eigenvalue weighted by Gasteiger charge is 2.06. The van der Waals surface area contributed by atoms with Crippen LogP contribution in [0, 0.1) is 0 Å². The Morgan fingerprint density at radius 1 is 1.24 bits per heavy atom. The molecule has 8 heteroatoms. The van der Waals surface area contributed by atoms with E-state index >= 15 is 0 Å². The van der Waals surface area contributed by atoms with Crippen molar-refractivity contribution >= 4 is 54.6 Å². The quantitative estimate of drug-likeness (QED) is 0.564. The molecular formula is C17H11BrF2N2O2S. The second-order valence-electron chi connectivity index (χ2n) is 4.90. The van der Waals surface area contributed by atoms with Crippen LogP contribution in [0.15, 0.2) is 53.0 Å². The monoisotopic (exact) mass is 424 g/mol. The number of benzene rings is 2. The number of carbonyl (C=O) groups excluding carboxylic acids is 1. The Hall–Kier alpha value is -2.32. The van der Waals surface area contributed by atoms with Gasteiger partial charge in [-0.1, -0.05) is 39.4 Å². The first-order valence-corrected chi connectivity index (χ1v) is 8.70. The van der Waals surface area contributed by atoms with Gasteiger partial charge in [0.15, 0.2) is 5.13 Å². The van der Waals surface area contributed by atoms with Gasteiger partial charge in [-0.05, 0) is 42.0 Å². The molecule has 1 heterocycles. The molecule has 0 bridgehead atoms. The van der Waals surface area contributed by atoms with E-state index < -0.39 is 6.61 Å². The Morgan fingerprint density at radius 2 is 2.00 bits per heavy atom. The van der Waals surface area contributed by atoms with Crippen LogP contribution < -0.4 is 10.1 Å². The lowest BCUT2D eigenvalue weighted by Gasteiger charge is -2.03. The molecule has 0 aliphatic heterocycles. The number of hydrogen-bond acceptors (Lipinski definition) is 4. The summed E-state index contributed by atoms with van der Waals surface area (Å²) in [5.74, 6) is -0.261. The van der Waals surface area contributed by atoms with E-state index in [0.29, 0.717) is 10.7 Å². The predicted octanol–water partition coefficient (Wildman–Crippen LogP) is 5.31. The van der Waals surface area contributed by atoms with E-state index in [1.807, 2.05) is 18.2 Å². The van der Waals surface area contributed by atoms with Gasteiger partial charge >= 0.3 is 6.61 Å². The van der Waals surface area contributed by atoms with Gasteiger partial charge in [0.05, 0.1) is 10.2 Å². The highest BCUT2D eigenvalue weighted by molar-refractivity contribution is 9.10. The van der Waals surface area contributed by atoms with Crippen molar-refractivity contribution in [2.24, 2.45) is 0 Å². The number of anilines is 1. The van der Waals surface area contributed by atoms with E-state index in [0.717, 1.165) is 14.7 Å². The second kappa shape index (κ2) is 7.71. The maximum atomic E-state index is 12.1. The second-order valence-corrected chi connectivity index (χ2v) is 6.85.